The minimum Gasteiger partial charge on any atom is -0.469 e. The van der Waals surface area contributed by atoms with Gasteiger partial charge in [0.1, 0.15) is 12.5 Å². The van der Waals surface area contributed by atoms with E-state index >= 15 is 0 Å². The Hall–Kier alpha value is -2.31. The largest absolute Gasteiger partial charge is 0.469 e. The van der Waals surface area contributed by atoms with Crippen LogP contribution in [-0.2, 0) is 23.1 Å². The van der Waals surface area contributed by atoms with Crippen molar-refractivity contribution in [1.29, 1.82) is 0 Å². The quantitative estimate of drug-likeness (QED) is 0.565. The summed E-state index contributed by atoms with van der Waals surface area (Å²) in [5.41, 5.74) is 0.866. The Kier molecular flexibility index (Phi) is 4.17. The summed E-state index contributed by atoms with van der Waals surface area (Å²) in [6.07, 6.45) is 6.31. The molecule has 0 fully saturated rings. The van der Waals surface area contributed by atoms with Gasteiger partial charge in [-0.3, -0.25) is 9.48 Å². The molecule has 0 N–H and O–H groups in total. The number of aryl methyl sites for hydroxylation is 2. The SMILES string of the molecule is COC(=O)CCC[n+]1ccc(-c2ncn(C)n2)cn1. The number of esters is 1. The van der Waals surface area contributed by atoms with Gasteiger partial charge in [0.2, 0.25) is 0 Å². The van der Waals surface area contributed by atoms with Crippen molar-refractivity contribution in [3.63, 3.8) is 0 Å². The Bertz CT molecular complexity index is 550. The number of hydrogen-bond donors (Lipinski definition) is 0. The van der Waals surface area contributed by atoms with E-state index in [1.165, 1.54) is 7.11 Å². The minimum absolute atomic E-state index is 0.199. The first-order valence-corrected chi connectivity index (χ1v) is 5.97. The zero-order chi connectivity index (χ0) is 13.7. The van der Waals surface area contributed by atoms with E-state index in [0.29, 0.717) is 25.2 Å². The van der Waals surface area contributed by atoms with Gasteiger partial charge in [-0.15, -0.1) is 0 Å². The maximum Gasteiger partial charge on any atom is 0.305 e. The second kappa shape index (κ2) is 6.03. The summed E-state index contributed by atoms with van der Waals surface area (Å²) in [5.74, 6) is 0.451. The molecule has 2 heterocycles. The van der Waals surface area contributed by atoms with Crippen LogP contribution in [0.25, 0.3) is 11.4 Å². The lowest BCUT2D eigenvalue weighted by molar-refractivity contribution is -0.754. The minimum atomic E-state index is -0.199. The van der Waals surface area contributed by atoms with Crippen molar-refractivity contribution in [2.45, 2.75) is 19.4 Å². The molecule has 0 aliphatic carbocycles. The van der Waals surface area contributed by atoms with Gasteiger partial charge in [-0.05, 0) is 5.10 Å². The van der Waals surface area contributed by atoms with E-state index in [0.717, 1.165) is 5.56 Å². The number of rotatable bonds is 5. The molecule has 19 heavy (non-hydrogen) atoms. The highest BCUT2D eigenvalue weighted by atomic mass is 16.5. The fourth-order valence-corrected chi connectivity index (χ4v) is 1.61. The Labute approximate surface area is 110 Å². The number of nitrogens with zero attached hydrogens (tertiary/aromatic N) is 5. The van der Waals surface area contributed by atoms with Crippen LogP contribution >= 0.6 is 0 Å². The molecule has 0 bridgehead atoms. The summed E-state index contributed by atoms with van der Waals surface area (Å²) in [4.78, 5) is 15.1. The molecule has 0 aliphatic rings. The highest BCUT2D eigenvalue weighted by molar-refractivity contribution is 5.68. The summed E-state index contributed by atoms with van der Waals surface area (Å²) in [7, 11) is 3.21. The monoisotopic (exact) mass is 262 g/mol. The van der Waals surface area contributed by atoms with E-state index < -0.39 is 0 Å². The second-order valence-electron chi connectivity index (χ2n) is 4.10. The van der Waals surface area contributed by atoms with Gasteiger partial charge in [-0.1, -0.05) is 4.68 Å². The van der Waals surface area contributed by atoms with E-state index in [4.69, 9.17) is 0 Å². The van der Waals surface area contributed by atoms with Crippen molar-refractivity contribution in [2.75, 3.05) is 7.11 Å². The van der Waals surface area contributed by atoms with Crippen molar-refractivity contribution < 1.29 is 14.2 Å². The summed E-state index contributed by atoms with van der Waals surface area (Å²) < 4.78 is 8.00. The van der Waals surface area contributed by atoms with Crippen LogP contribution in [0.3, 0.4) is 0 Å². The lowest BCUT2D eigenvalue weighted by Crippen LogP contribution is -2.37. The molecule has 0 aromatic carbocycles. The van der Waals surface area contributed by atoms with Crippen molar-refractivity contribution in [3.05, 3.63) is 24.8 Å². The molecular weight excluding hydrogens is 246 g/mol. The molecule has 0 saturated carbocycles. The molecule has 0 atom stereocenters. The molecule has 0 saturated heterocycles. The van der Waals surface area contributed by atoms with Gasteiger partial charge in [-0.2, -0.15) is 5.10 Å². The third kappa shape index (κ3) is 3.57. The summed E-state index contributed by atoms with van der Waals surface area (Å²) in [6.45, 7) is 0.672. The fourth-order valence-electron chi connectivity index (χ4n) is 1.61. The molecule has 0 amide bonds. The average Bonchev–Trinajstić information content (AvgIpc) is 2.86. The molecular formula is C12H16N5O2+. The Morgan fingerprint density at radius 2 is 2.37 bits per heavy atom. The van der Waals surface area contributed by atoms with Crippen molar-refractivity contribution in [2.24, 2.45) is 7.05 Å². The van der Waals surface area contributed by atoms with Crippen LogP contribution < -0.4 is 4.68 Å². The number of carbonyl (C=O) groups is 1. The molecule has 7 heteroatoms. The maximum atomic E-state index is 11.0. The van der Waals surface area contributed by atoms with Gasteiger partial charge >= 0.3 is 5.97 Å². The molecule has 0 aliphatic heterocycles. The van der Waals surface area contributed by atoms with Crippen LogP contribution in [0.5, 0.6) is 0 Å². The molecule has 0 spiro atoms. The van der Waals surface area contributed by atoms with E-state index in [1.54, 1.807) is 21.9 Å². The van der Waals surface area contributed by atoms with E-state index in [9.17, 15) is 4.79 Å². The highest BCUT2D eigenvalue weighted by Gasteiger charge is 2.09. The third-order valence-corrected chi connectivity index (χ3v) is 2.62. The summed E-state index contributed by atoms with van der Waals surface area (Å²) >= 11 is 0. The number of methoxy groups -OCH3 is 1. The van der Waals surface area contributed by atoms with E-state index in [2.05, 4.69) is 19.9 Å². The molecule has 0 radical (unpaired) electrons. The molecule has 100 valence electrons. The Morgan fingerprint density at radius 3 is 2.95 bits per heavy atom. The Morgan fingerprint density at radius 1 is 1.53 bits per heavy atom. The predicted octanol–water partition coefficient (Wildman–Crippen LogP) is 0.118. The molecule has 2 aromatic heterocycles. The van der Waals surface area contributed by atoms with Gasteiger partial charge in [0.15, 0.2) is 18.6 Å². The van der Waals surface area contributed by atoms with Crippen LogP contribution in [0.1, 0.15) is 12.8 Å². The van der Waals surface area contributed by atoms with E-state index in [-0.39, 0.29) is 5.97 Å². The molecule has 2 aromatic rings. The van der Waals surface area contributed by atoms with E-state index in [1.807, 2.05) is 19.3 Å². The lowest BCUT2D eigenvalue weighted by Gasteiger charge is -1.97. The lowest BCUT2D eigenvalue weighted by atomic mass is 10.3. The topological polar surface area (TPSA) is 73.8 Å². The maximum absolute atomic E-state index is 11.0. The van der Waals surface area contributed by atoms with Crippen molar-refractivity contribution in [1.82, 2.24) is 19.9 Å². The van der Waals surface area contributed by atoms with Crippen molar-refractivity contribution >= 4 is 5.97 Å². The van der Waals surface area contributed by atoms with Gasteiger partial charge in [0.25, 0.3) is 0 Å². The standard InChI is InChI=1S/C12H16N5O2/c1-16-9-13-12(15-16)10-5-7-17(14-8-10)6-3-4-11(18)19-2/h5,7-9H,3-4,6H2,1-2H3/q+1. The Balaban J connectivity index is 1.93. The van der Waals surface area contributed by atoms with Crippen molar-refractivity contribution in [3.8, 4) is 11.4 Å². The average molecular weight is 262 g/mol. The first kappa shape index (κ1) is 13.1. The zero-order valence-corrected chi connectivity index (χ0v) is 11.0. The van der Waals surface area contributed by atoms with Gasteiger partial charge in [-0.25, -0.2) is 4.98 Å². The second-order valence-corrected chi connectivity index (χ2v) is 4.10. The summed E-state index contributed by atoms with van der Waals surface area (Å²) in [6, 6.07) is 1.90. The van der Waals surface area contributed by atoms with Gasteiger partial charge in [0.05, 0.1) is 19.1 Å². The highest BCUT2D eigenvalue weighted by Crippen LogP contribution is 2.09. The van der Waals surface area contributed by atoms with Gasteiger partial charge < -0.3 is 4.74 Å². The summed E-state index contributed by atoms with van der Waals surface area (Å²) in [5, 5.41) is 8.46. The van der Waals surface area contributed by atoms with Crippen LogP contribution in [0, 0.1) is 0 Å². The first-order chi connectivity index (χ1) is 9.19. The predicted molar refractivity (Wildman–Crippen MR) is 65.7 cm³/mol. The van der Waals surface area contributed by atoms with Crippen LogP contribution in [0.2, 0.25) is 0 Å². The zero-order valence-electron chi connectivity index (χ0n) is 11.0. The number of ether oxygens (including phenoxy) is 1. The van der Waals surface area contributed by atoms with Crippen LogP contribution in [0.15, 0.2) is 24.8 Å². The fraction of sp³-hybridized carbons (Fsp3) is 0.417. The van der Waals surface area contributed by atoms with Crippen LogP contribution in [-0.4, -0.2) is 32.9 Å². The molecule has 2 rings (SSSR count). The number of aromatic nitrogens is 5. The van der Waals surface area contributed by atoms with Gasteiger partial charge in [0, 0.05) is 19.5 Å². The van der Waals surface area contributed by atoms with Crippen LogP contribution in [0.4, 0.5) is 0 Å². The smallest absolute Gasteiger partial charge is 0.305 e. The molecule has 0 unspecified atom stereocenters. The number of carbonyl (C=O) groups excluding carboxylic acids is 1. The first-order valence-electron chi connectivity index (χ1n) is 5.97. The number of hydrogen-bond acceptors (Lipinski definition) is 5. The molecule has 7 nitrogen and oxygen atoms in total. The third-order valence-electron chi connectivity index (χ3n) is 2.62. The normalized spacial score (nSPS) is 10.4.